The molecule has 1 N–H and O–H groups in total. The third-order valence-corrected chi connectivity index (χ3v) is 2.99. The van der Waals surface area contributed by atoms with E-state index in [2.05, 4.69) is 21.2 Å². The first-order valence-electron chi connectivity index (χ1n) is 5.93. The minimum absolute atomic E-state index is 0.0171. The monoisotopic (exact) mass is 319 g/mol. The van der Waals surface area contributed by atoms with Crippen LogP contribution in [0.15, 0.2) is 59.1 Å². The van der Waals surface area contributed by atoms with Gasteiger partial charge in [-0.05, 0) is 23.8 Å². The minimum atomic E-state index is -0.135. The predicted octanol–water partition coefficient (Wildman–Crippen LogP) is 3.14. The van der Waals surface area contributed by atoms with Crippen LogP contribution >= 0.6 is 15.9 Å². The van der Waals surface area contributed by atoms with E-state index in [4.69, 9.17) is 4.74 Å². The molecule has 0 aliphatic rings. The van der Waals surface area contributed by atoms with Crippen LogP contribution in [0.2, 0.25) is 0 Å². The van der Waals surface area contributed by atoms with E-state index >= 15 is 0 Å². The molecule has 0 aliphatic carbocycles. The number of hydrogen-bond acceptors (Lipinski definition) is 2. The summed E-state index contributed by atoms with van der Waals surface area (Å²) in [5, 5.41) is 2.81. The van der Waals surface area contributed by atoms with Gasteiger partial charge in [-0.15, -0.1) is 0 Å². The van der Waals surface area contributed by atoms with Crippen molar-refractivity contribution in [3.63, 3.8) is 0 Å². The summed E-state index contributed by atoms with van der Waals surface area (Å²) >= 11 is 3.35. The van der Waals surface area contributed by atoms with Gasteiger partial charge < -0.3 is 10.1 Å². The highest BCUT2D eigenvalue weighted by atomic mass is 79.9. The second-order valence-corrected chi connectivity index (χ2v) is 4.92. The van der Waals surface area contributed by atoms with Gasteiger partial charge in [0.25, 0.3) is 5.91 Å². The van der Waals surface area contributed by atoms with Crippen LogP contribution in [-0.2, 0) is 11.3 Å². The quantitative estimate of drug-likeness (QED) is 0.919. The van der Waals surface area contributed by atoms with Gasteiger partial charge in [0, 0.05) is 11.0 Å². The largest absolute Gasteiger partial charge is 0.484 e. The van der Waals surface area contributed by atoms with E-state index in [0.717, 1.165) is 10.0 Å². The van der Waals surface area contributed by atoms with Crippen molar-refractivity contribution in [1.82, 2.24) is 5.32 Å². The summed E-state index contributed by atoms with van der Waals surface area (Å²) in [7, 11) is 0. The number of ether oxygens (including phenoxy) is 1. The van der Waals surface area contributed by atoms with Crippen LogP contribution in [0, 0.1) is 0 Å². The SMILES string of the molecule is O=C(COc1cccc(Br)c1)NCc1ccccc1. The number of carbonyl (C=O) groups is 1. The molecule has 0 radical (unpaired) electrons. The maximum atomic E-state index is 11.6. The van der Waals surface area contributed by atoms with E-state index < -0.39 is 0 Å². The van der Waals surface area contributed by atoms with Crippen LogP contribution < -0.4 is 10.1 Å². The van der Waals surface area contributed by atoms with Crippen LogP contribution in [0.5, 0.6) is 5.75 Å². The third-order valence-electron chi connectivity index (χ3n) is 2.50. The van der Waals surface area contributed by atoms with Crippen molar-refractivity contribution >= 4 is 21.8 Å². The molecule has 0 saturated carbocycles. The van der Waals surface area contributed by atoms with Crippen molar-refractivity contribution in [3.8, 4) is 5.75 Å². The lowest BCUT2D eigenvalue weighted by Crippen LogP contribution is -2.28. The Hall–Kier alpha value is -1.81. The summed E-state index contributed by atoms with van der Waals surface area (Å²) in [6.07, 6.45) is 0. The molecule has 0 unspecified atom stereocenters. The first-order chi connectivity index (χ1) is 9.24. The van der Waals surface area contributed by atoms with Gasteiger partial charge in [-0.3, -0.25) is 4.79 Å². The van der Waals surface area contributed by atoms with Gasteiger partial charge in [-0.2, -0.15) is 0 Å². The lowest BCUT2D eigenvalue weighted by molar-refractivity contribution is -0.123. The second-order valence-electron chi connectivity index (χ2n) is 4.01. The molecule has 0 aromatic heterocycles. The molecule has 2 aromatic carbocycles. The maximum absolute atomic E-state index is 11.6. The minimum Gasteiger partial charge on any atom is -0.484 e. The molecule has 0 atom stereocenters. The smallest absolute Gasteiger partial charge is 0.258 e. The highest BCUT2D eigenvalue weighted by Gasteiger charge is 2.02. The molecule has 1 amide bonds. The summed E-state index contributed by atoms with van der Waals surface area (Å²) in [5.41, 5.74) is 1.07. The zero-order valence-electron chi connectivity index (χ0n) is 10.3. The van der Waals surface area contributed by atoms with E-state index in [9.17, 15) is 4.79 Å². The lowest BCUT2D eigenvalue weighted by atomic mass is 10.2. The summed E-state index contributed by atoms with van der Waals surface area (Å²) in [4.78, 5) is 11.6. The number of carbonyl (C=O) groups excluding carboxylic acids is 1. The highest BCUT2D eigenvalue weighted by Crippen LogP contribution is 2.17. The Morgan fingerprint density at radius 3 is 2.63 bits per heavy atom. The van der Waals surface area contributed by atoms with Gasteiger partial charge in [0.2, 0.25) is 0 Å². The molecular weight excluding hydrogens is 306 g/mol. The van der Waals surface area contributed by atoms with Crippen LogP contribution in [0.1, 0.15) is 5.56 Å². The fraction of sp³-hybridized carbons (Fsp3) is 0.133. The lowest BCUT2D eigenvalue weighted by Gasteiger charge is -2.07. The molecule has 0 aliphatic heterocycles. The van der Waals surface area contributed by atoms with E-state index in [0.29, 0.717) is 12.3 Å². The molecule has 4 heteroatoms. The number of benzene rings is 2. The van der Waals surface area contributed by atoms with E-state index in [1.54, 1.807) is 0 Å². The Labute approximate surface area is 120 Å². The van der Waals surface area contributed by atoms with Gasteiger partial charge in [0.1, 0.15) is 5.75 Å². The molecule has 0 spiro atoms. The van der Waals surface area contributed by atoms with Crippen molar-refractivity contribution in [3.05, 3.63) is 64.6 Å². The molecule has 0 fully saturated rings. The van der Waals surface area contributed by atoms with Gasteiger partial charge in [-0.25, -0.2) is 0 Å². The Bertz CT molecular complexity index is 543. The van der Waals surface area contributed by atoms with Crippen LogP contribution in [0.3, 0.4) is 0 Å². The molecule has 2 aromatic rings. The van der Waals surface area contributed by atoms with Crippen LogP contribution in [-0.4, -0.2) is 12.5 Å². The van der Waals surface area contributed by atoms with Gasteiger partial charge in [0.05, 0.1) is 0 Å². The standard InChI is InChI=1S/C15H14BrNO2/c16-13-7-4-8-14(9-13)19-11-15(18)17-10-12-5-2-1-3-6-12/h1-9H,10-11H2,(H,17,18). The molecule has 19 heavy (non-hydrogen) atoms. The van der Waals surface area contributed by atoms with Crippen molar-refractivity contribution in [1.29, 1.82) is 0 Å². The summed E-state index contributed by atoms with van der Waals surface area (Å²) in [5.74, 6) is 0.535. The molecule has 0 saturated heterocycles. The highest BCUT2D eigenvalue weighted by molar-refractivity contribution is 9.10. The summed E-state index contributed by atoms with van der Waals surface area (Å²) in [6.45, 7) is 0.533. The van der Waals surface area contributed by atoms with Gasteiger partial charge in [-0.1, -0.05) is 52.3 Å². The zero-order chi connectivity index (χ0) is 13.5. The first kappa shape index (κ1) is 13.6. The Morgan fingerprint density at radius 1 is 1.11 bits per heavy atom. The topological polar surface area (TPSA) is 38.3 Å². The summed E-state index contributed by atoms with van der Waals surface area (Å²) in [6, 6.07) is 17.2. The fourth-order valence-corrected chi connectivity index (χ4v) is 1.93. The maximum Gasteiger partial charge on any atom is 0.258 e. The predicted molar refractivity (Wildman–Crippen MR) is 77.9 cm³/mol. The molecular formula is C15H14BrNO2. The van der Waals surface area contributed by atoms with Crippen LogP contribution in [0.25, 0.3) is 0 Å². The normalized spacial score (nSPS) is 9.95. The van der Waals surface area contributed by atoms with E-state index in [1.165, 1.54) is 0 Å². The first-order valence-corrected chi connectivity index (χ1v) is 6.72. The number of hydrogen-bond donors (Lipinski definition) is 1. The van der Waals surface area contributed by atoms with Crippen molar-refractivity contribution in [2.24, 2.45) is 0 Å². The van der Waals surface area contributed by atoms with Gasteiger partial charge in [0.15, 0.2) is 6.61 Å². The zero-order valence-corrected chi connectivity index (χ0v) is 11.9. The van der Waals surface area contributed by atoms with Crippen LogP contribution in [0.4, 0.5) is 0 Å². The molecule has 3 nitrogen and oxygen atoms in total. The average molecular weight is 320 g/mol. The molecule has 0 bridgehead atoms. The second kappa shape index (κ2) is 6.95. The Kier molecular flexibility index (Phi) is 4.98. The van der Waals surface area contributed by atoms with Gasteiger partial charge >= 0.3 is 0 Å². The van der Waals surface area contributed by atoms with E-state index in [1.807, 2.05) is 54.6 Å². The Balaban J connectivity index is 1.76. The number of rotatable bonds is 5. The molecule has 2 rings (SSSR count). The van der Waals surface area contributed by atoms with Crippen molar-refractivity contribution in [2.45, 2.75) is 6.54 Å². The molecule has 0 heterocycles. The summed E-state index contributed by atoms with van der Waals surface area (Å²) < 4.78 is 6.32. The van der Waals surface area contributed by atoms with Crippen molar-refractivity contribution in [2.75, 3.05) is 6.61 Å². The Morgan fingerprint density at radius 2 is 1.89 bits per heavy atom. The molecule has 98 valence electrons. The van der Waals surface area contributed by atoms with Crippen molar-refractivity contribution < 1.29 is 9.53 Å². The third kappa shape index (κ3) is 4.75. The average Bonchev–Trinajstić information content (AvgIpc) is 2.44. The van der Waals surface area contributed by atoms with E-state index in [-0.39, 0.29) is 12.5 Å². The number of amides is 1. The number of halogens is 1. The number of nitrogens with one attached hydrogen (secondary N) is 1. The fourth-order valence-electron chi connectivity index (χ4n) is 1.55.